The van der Waals surface area contributed by atoms with Gasteiger partial charge in [0, 0.05) is 54.7 Å². The molecule has 0 aliphatic heterocycles. The van der Waals surface area contributed by atoms with Crippen molar-refractivity contribution in [2.24, 2.45) is 0 Å². The van der Waals surface area contributed by atoms with Crippen LogP contribution in [0.4, 0.5) is 0 Å². The van der Waals surface area contributed by atoms with Crippen molar-refractivity contribution in [3.8, 4) is 73.2 Å². The largest absolute Gasteiger partial charge is 0.456 e. The first kappa shape index (κ1) is 41.3. The molecule has 352 valence electrons. The number of aromatic nitrogens is 4. The van der Waals surface area contributed by atoms with Gasteiger partial charge in [0.25, 0.3) is 0 Å². The summed E-state index contributed by atoms with van der Waals surface area (Å²) in [7, 11) is 0. The minimum atomic E-state index is -0.641. The Hall–Kier alpha value is -10.2. The summed E-state index contributed by atoms with van der Waals surface area (Å²) < 4.78 is 15.7. The quantitative estimate of drug-likeness (QED) is 0.172. The molecule has 0 saturated heterocycles. The normalized spacial score (nSPS) is 13.1. The Bertz CT molecular complexity index is 4900. The van der Waals surface area contributed by atoms with Gasteiger partial charge in [-0.1, -0.05) is 170 Å². The summed E-state index contributed by atoms with van der Waals surface area (Å²) in [6.07, 6.45) is 0. The lowest BCUT2D eigenvalue weighted by molar-refractivity contribution is 0.668. The SMILES string of the molecule is c1ccc(-c2nc(-c3cccc(-c4ccc5oc6ccc7c(c6c5c4)C4(c5ccccc5-c5ccccc54)c4cc5c(cc4-7)c4ccccc4n5-c4ccccc4)c3)nc(-c3ccc4c(c3)oc3ccccc34)n2)cc1. The Morgan fingerprint density at radius 3 is 1.68 bits per heavy atom. The molecule has 0 radical (unpaired) electrons. The predicted octanol–water partition coefficient (Wildman–Crippen LogP) is 17.8. The number of hydrogen-bond acceptors (Lipinski definition) is 5. The average molecular weight is 969 g/mol. The molecule has 0 bridgehead atoms. The van der Waals surface area contributed by atoms with Gasteiger partial charge in [-0.2, -0.15) is 0 Å². The van der Waals surface area contributed by atoms with Gasteiger partial charge in [0.05, 0.1) is 16.4 Å². The molecule has 6 heteroatoms. The second-order valence-corrected chi connectivity index (χ2v) is 20.2. The van der Waals surface area contributed by atoms with Gasteiger partial charge in [0.2, 0.25) is 0 Å². The third-order valence-electron chi connectivity index (χ3n) is 16.2. The zero-order chi connectivity index (χ0) is 49.6. The Morgan fingerprint density at radius 1 is 0.303 bits per heavy atom. The standard InChI is InChI=1S/C70H40N4O2/c1-3-16-41(17-4-1)67-71-68(73-69(72-67)45-30-32-51-50-25-10-14-29-61(50)76-64(51)38-45)44-19-15-18-42(36-44)43-31-34-62-55(37-43)65-63(75-62)35-33-52-53-39-54-49-24-9-13-28-59(49)74(46-20-5-2-6-21-46)60(54)40-58(53)70(66(52)65)56-26-11-7-22-47(56)48-23-8-12-27-57(48)70/h1-40H. The third-order valence-corrected chi connectivity index (χ3v) is 16.2. The molecule has 0 amide bonds. The van der Waals surface area contributed by atoms with Crippen molar-refractivity contribution >= 4 is 65.7 Å². The Balaban J connectivity index is 0.875. The molecule has 17 rings (SSSR count). The van der Waals surface area contributed by atoms with Gasteiger partial charge in [0.1, 0.15) is 22.3 Å². The van der Waals surface area contributed by atoms with E-state index >= 15 is 0 Å². The maximum atomic E-state index is 6.95. The molecule has 2 aliphatic rings. The van der Waals surface area contributed by atoms with Crippen LogP contribution in [0.1, 0.15) is 22.3 Å². The molecule has 76 heavy (non-hydrogen) atoms. The van der Waals surface area contributed by atoms with E-state index in [1.165, 1.54) is 66.3 Å². The first-order valence-electron chi connectivity index (χ1n) is 25.8. The first-order chi connectivity index (χ1) is 37.7. The molecule has 0 fully saturated rings. The fourth-order valence-corrected chi connectivity index (χ4v) is 13.0. The summed E-state index contributed by atoms with van der Waals surface area (Å²) in [5.74, 6) is 1.76. The summed E-state index contributed by atoms with van der Waals surface area (Å²) in [4.78, 5) is 15.4. The summed E-state index contributed by atoms with van der Waals surface area (Å²) in [5.41, 5.74) is 21.1. The molecule has 0 saturated carbocycles. The number of furan rings is 2. The van der Waals surface area contributed by atoms with Gasteiger partial charge in [-0.25, -0.2) is 15.0 Å². The Kier molecular flexibility index (Phi) is 8.39. The summed E-state index contributed by atoms with van der Waals surface area (Å²) >= 11 is 0. The van der Waals surface area contributed by atoms with Crippen LogP contribution in [0.15, 0.2) is 251 Å². The monoisotopic (exact) mass is 968 g/mol. The minimum absolute atomic E-state index is 0.573. The van der Waals surface area contributed by atoms with Crippen molar-refractivity contribution < 1.29 is 8.83 Å². The van der Waals surface area contributed by atoms with Gasteiger partial charge in [-0.15, -0.1) is 0 Å². The summed E-state index contributed by atoms with van der Waals surface area (Å²) in [5, 5.41) is 6.80. The number of benzene rings is 11. The average Bonchev–Trinajstić information content (AvgIpc) is 4.29. The van der Waals surface area contributed by atoms with Crippen LogP contribution in [-0.2, 0) is 5.41 Å². The van der Waals surface area contributed by atoms with E-state index in [1.807, 2.05) is 54.6 Å². The molecule has 4 heterocycles. The molecule has 0 atom stereocenters. The zero-order valence-corrected chi connectivity index (χ0v) is 40.7. The minimum Gasteiger partial charge on any atom is -0.456 e. The van der Waals surface area contributed by atoms with E-state index in [2.05, 4.69) is 193 Å². The highest BCUT2D eigenvalue weighted by atomic mass is 16.3. The predicted molar refractivity (Wildman–Crippen MR) is 307 cm³/mol. The van der Waals surface area contributed by atoms with E-state index in [1.54, 1.807) is 0 Å². The van der Waals surface area contributed by atoms with Crippen LogP contribution in [0.25, 0.3) is 139 Å². The molecule has 15 aromatic rings. The molecular formula is C70H40N4O2. The topological polar surface area (TPSA) is 69.9 Å². The third kappa shape index (κ3) is 5.67. The Morgan fingerprint density at radius 2 is 0.882 bits per heavy atom. The number of para-hydroxylation sites is 3. The van der Waals surface area contributed by atoms with Gasteiger partial charge in [-0.05, 0) is 128 Å². The van der Waals surface area contributed by atoms with Crippen molar-refractivity contribution in [2.75, 3.05) is 0 Å². The van der Waals surface area contributed by atoms with Crippen LogP contribution in [0.2, 0.25) is 0 Å². The number of rotatable bonds is 5. The molecule has 1 spiro atoms. The highest BCUT2D eigenvalue weighted by Gasteiger charge is 2.53. The maximum absolute atomic E-state index is 6.95. The van der Waals surface area contributed by atoms with E-state index in [0.29, 0.717) is 17.5 Å². The maximum Gasteiger partial charge on any atom is 0.164 e. The van der Waals surface area contributed by atoms with Crippen LogP contribution in [0, 0.1) is 0 Å². The van der Waals surface area contributed by atoms with Crippen molar-refractivity contribution in [2.45, 2.75) is 5.41 Å². The second kappa shape index (κ2) is 15.4. The molecule has 0 N–H and O–H groups in total. The smallest absolute Gasteiger partial charge is 0.164 e. The lowest BCUT2D eigenvalue weighted by Gasteiger charge is -2.31. The highest BCUT2D eigenvalue weighted by Crippen LogP contribution is 2.65. The van der Waals surface area contributed by atoms with Crippen molar-refractivity contribution in [3.05, 3.63) is 265 Å². The molecular weight excluding hydrogens is 929 g/mol. The van der Waals surface area contributed by atoms with E-state index in [9.17, 15) is 0 Å². The highest BCUT2D eigenvalue weighted by molar-refractivity contribution is 6.17. The van der Waals surface area contributed by atoms with Gasteiger partial charge in [0.15, 0.2) is 17.5 Å². The number of fused-ring (bicyclic) bond motifs is 20. The zero-order valence-electron chi connectivity index (χ0n) is 40.7. The van der Waals surface area contributed by atoms with Crippen molar-refractivity contribution in [1.29, 1.82) is 0 Å². The first-order valence-corrected chi connectivity index (χ1v) is 25.8. The fraction of sp³-hybridized carbons (Fsp3) is 0.0143. The summed E-state index contributed by atoms with van der Waals surface area (Å²) in [6, 6.07) is 86.8. The molecule has 0 unspecified atom stereocenters. The van der Waals surface area contributed by atoms with E-state index in [-0.39, 0.29) is 0 Å². The number of nitrogens with zero attached hydrogens (tertiary/aromatic N) is 4. The van der Waals surface area contributed by atoms with Crippen LogP contribution < -0.4 is 0 Å². The fourth-order valence-electron chi connectivity index (χ4n) is 13.0. The second-order valence-electron chi connectivity index (χ2n) is 20.2. The Labute approximate surface area is 435 Å². The molecule has 11 aromatic carbocycles. The molecule has 6 nitrogen and oxygen atoms in total. The van der Waals surface area contributed by atoms with Crippen LogP contribution >= 0.6 is 0 Å². The van der Waals surface area contributed by atoms with Crippen LogP contribution in [0.5, 0.6) is 0 Å². The van der Waals surface area contributed by atoms with Crippen molar-refractivity contribution in [1.82, 2.24) is 19.5 Å². The van der Waals surface area contributed by atoms with E-state index < -0.39 is 5.41 Å². The van der Waals surface area contributed by atoms with Crippen molar-refractivity contribution in [3.63, 3.8) is 0 Å². The molecule has 2 aliphatic carbocycles. The van der Waals surface area contributed by atoms with Gasteiger partial charge in [-0.3, -0.25) is 0 Å². The summed E-state index contributed by atoms with van der Waals surface area (Å²) in [6.45, 7) is 0. The lowest BCUT2D eigenvalue weighted by Crippen LogP contribution is -2.26. The van der Waals surface area contributed by atoms with Gasteiger partial charge >= 0.3 is 0 Å². The van der Waals surface area contributed by atoms with Crippen LogP contribution in [-0.4, -0.2) is 19.5 Å². The lowest BCUT2D eigenvalue weighted by atomic mass is 9.69. The van der Waals surface area contributed by atoms with Gasteiger partial charge < -0.3 is 13.4 Å². The van der Waals surface area contributed by atoms with E-state index in [0.717, 1.165) is 77.4 Å². The number of hydrogen-bond donors (Lipinski definition) is 0. The van der Waals surface area contributed by atoms with Crippen LogP contribution in [0.3, 0.4) is 0 Å². The molecule has 4 aromatic heterocycles. The van der Waals surface area contributed by atoms with E-state index in [4.69, 9.17) is 23.8 Å².